The van der Waals surface area contributed by atoms with Gasteiger partial charge in [-0.3, -0.25) is 4.79 Å². The normalized spacial score (nSPS) is 11.0. The van der Waals surface area contributed by atoms with E-state index >= 15 is 0 Å². The molecule has 0 aliphatic heterocycles. The second-order valence-electron chi connectivity index (χ2n) is 6.58. The molecule has 8 nitrogen and oxygen atoms in total. The molecule has 0 unspecified atom stereocenters. The van der Waals surface area contributed by atoms with Gasteiger partial charge in [0, 0.05) is 17.9 Å². The lowest BCUT2D eigenvalue weighted by atomic mass is 10.1. The quantitative estimate of drug-likeness (QED) is 0.450. The summed E-state index contributed by atoms with van der Waals surface area (Å²) < 4.78 is 20.6. The number of benzene rings is 2. The Labute approximate surface area is 170 Å². The van der Waals surface area contributed by atoms with Gasteiger partial charge in [0.25, 0.3) is 0 Å². The number of carboxylic acid groups (broad SMARTS) is 1. The third-order valence-electron chi connectivity index (χ3n) is 4.42. The molecule has 0 radical (unpaired) electrons. The minimum Gasteiger partial charge on any atom is -0.505 e. The Morgan fingerprint density at radius 3 is 2.77 bits per heavy atom. The van der Waals surface area contributed by atoms with Gasteiger partial charge in [0.05, 0.1) is 29.7 Å². The van der Waals surface area contributed by atoms with E-state index in [0.717, 1.165) is 10.9 Å². The Hall–Kier alpha value is -4.01. The van der Waals surface area contributed by atoms with E-state index in [9.17, 15) is 14.3 Å². The highest BCUT2D eigenvalue weighted by atomic mass is 19.1. The first kappa shape index (κ1) is 19.3. The third-order valence-corrected chi connectivity index (χ3v) is 4.42. The van der Waals surface area contributed by atoms with Gasteiger partial charge < -0.3 is 14.9 Å². The van der Waals surface area contributed by atoms with E-state index in [4.69, 9.17) is 9.84 Å². The molecule has 2 aromatic heterocycles. The molecule has 0 fully saturated rings. The Morgan fingerprint density at radius 1 is 1.10 bits per heavy atom. The van der Waals surface area contributed by atoms with Crippen LogP contribution < -0.4 is 4.74 Å². The largest absolute Gasteiger partial charge is 0.505 e. The molecule has 0 bridgehead atoms. The molecular formula is C21H17FN4O4. The average molecular weight is 408 g/mol. The van der Waals surface area contributed by atoms with Crippen molar-refractivity contribution in [3.63, 3.8) is 0 Å². The smallest absolute Gasteiger partial charge is 0.303 e. The van der Waals surface area contributed by atoms with Crippen molar-refractivity contribution in [1.29, 1.82) is 0 Å². The van der Waals surface area contributed by atoms with Crippen molar-refractivity contribution < 1.29 is 24.1 Å². The van der Waals surface area contributed by atoms with Crippen LogP contribution >= 0.6 is 0 Å². The van der Waals surface area contributed by atoms with Crippen LogP contribution in [-0.4, -0.2) is 42.8 Å². The first-order valence-corrected chi connectivity index (χ1v) is 9.16. The molecule has 4 rings (SSSR count). The summed E-state index contributed by atoms with van der Waals surface area (Å²) in [5.41, 5.74) is 2.27. The van der Waals surface area contributed by atoms with Gasteiger partial charge in [-0.05, 0) is 42.8 Å². The van der Waals surface area contributed by atoms with E-state index in [2.05, 4.69) is 15.3 Å². The number of aromatic nitrogens is 4. The molecule has 4 aromatic rings. The number of phenolic OH excluding ortho intramolecular Hbond substituents is 1. The molecular weight excluding hydrogens is 391 g/mol. The number of carboxylic acids is 1. The molecule has 0 amide bonds. The number of hydrogen-bond acceptors (Lipinski definition) is 6. The predicted molar refractivity (Wildman–Crippen MR) is 106 cm³/mol. The molecule has 2 N–H and O–H groups in total. The number of phenols is 1. The highest BCUT2D eigenvalue weighted by Crippen LogP contribution is 2.24. The minimum atomic E-state index is -0.846. The Morgan fingerprint density at radius 2 is 1.97 bits per heavy atom. The van der Waals surface area contributed by atoms with Crippen molar-refractivity contribution in [2.45, 2.75) is 12.8 Å². The van der Waals surface area contributed by atoms with Crippen molar-refractivity contribution in [2.75, 3.05) is 6.61 Å². The summed E-state index contributed by atoms with van der Waals surface area (Å²) in [7, 11) is 0. The molecule has 9 heteroatoms. The molecule has 2 heterocycles. The lowest BCUT2D eigenvalue weighted by Crippen LogP contribution is -2.02. The SMILES string of the molecule is O=C(O)CCCOc1ccc2nc(-c3cn(-c4ccc(O)c(F)c4)nn3)ccc2c1. The van der Waals surface area contributed by atoms with E-state index in [1.54, 1.807) is 18.3 Å². The van der Waals surface area contributed by atoms with Crippen molar-refractivity contribution in [2.24, 2.45) is 0 Å². The van der Waals surface area contributed by atoms with E-state index in [1.165, 1.54) is 22.9 Å². The van der Waals surface area contributed by atoms with Crippen LogP contribution in [0.3, 0.4) is 0 Å². The first-order valence-electron chi connectivity index (χ1n) is 9.16. The van der Waals surface area contributed by atoms with Gasteiger partial charge in [-0.2, -0.15) is 0 Å². The summed E-state index contributed by atoms with van der Waals surface area (Å²) in [6, 6.07) is 13.0. The topological polar surface area (TPSA) is 110 Å². The number of halogens is 1. The lowest BCUT2D eigenvalue weighted by molar-refractivity contribution is -0.137. The fraction of sp³-hybridized carbons (Fsp3) is 0.143. The number of pyridine rings is 1. The molecule has 0 saturated carbocycles. The van der Waals surface area contributed by atoms with Crippen LogP contribution in [0.5, 0.6) is 11.5 Å². The summed E-state index contributed by atoms with van der Waals surface area (Å²) in [6.07, 6.45) is 2.13. The highest BCUT2D eigenvalue weighted by Gasteiger charge is 2.10. The van der Waals surface area contributed by atoms with E-state index in [0.29, 0.717) is 35.9 Å². The van der Waals surface area contributed by atoms with Gasteiger partial charge >= 0.3 is 5.97 Å². The van der Waals surface area contributed by atoms with Gasteiger partial charge in [-0.15, -0.1) is 5.10 Å². The molecule has 0 aliphatic carbocycles. The zero-order valence-electron chi connectivity index (χ0n) is 15.7. The molecule has 0 saturated heterocycles. The van der Waals surface area contributed by atoms with Gasteiger partial charge in [-0.25, -0.2) is 14.1 Å². The van der Waals surface area contributed by atoms with Crippen LogP contribution in [-0.2, 0) is 4.79 Å². The molecule has 0 aliphatic rings. The number of fused-ring (bicyclic) bond motifs is 1. The maximum Gasteiger partial charge on any atom is 0.303 e. The van der Waals surface area contributed by atoms with Crippen molar-refractivity contribution >= 4 is 16.9 Å². The Bertz CT molecular complexity index is 1220. The van der Waals surface area contributed by atoms with Crippen LogP contribution in [0.2, 0.25) is 0 Å². The maximum absolute atomic E-state index is 13.6. The number of aromatic hydroxyl groups is 1. The van der Waals surface area contributed by atoms with Crippen LogP contribution in [0, 0.1) is 5.82 Å². The molecule has 2 aromatic carbocycles. The van der Waals surface area contributed by atoms with Crippen LogP contribution in [0.25, 0.3) is 28.0 Å². The van der Waals surface area contributed by atoms with Gasteiger partial charge in [0.2, 0.25) is 0 Å². The second-order valence-corrected chi connectivity index (χ2v) is 6.58. The van der Waals surface area contributed by atoms with Gasteiger partial charge in [0.1, 0.15) is 11.4 Å². The fourth-order valence-corrected chi connectivity index (χ4v) is 2.90. The van der Waals surface area contributed by atoms with Gasteiger partial charge in [0.15, 0.2) is 11.6 Å². The number of carbonyl (C=O) groups is 1. The van der Waals surface area contributed by atoms with Crippen molar-refractivity contribution in [3.8, 4) is 28.6 Å². The highest BCUT2D eigenvalue weighted by molar-refractivity contribution is 5.82. The zero-order chi connectivity index (χ0) is 21.1. The summed E-state index contributed by atoms with van der Waals surface area (Å²) >= 11 is 0. The molecule has 30 heavy (non-hydrogen) atoms. The minimum absolute atomic E-state index is 0.0654. The third kappa shape index (κ3) is 4.19. The number of rotatable bonds is 7. The second kappa shape index (κ2) is 8.16. The predicted octanol–water partition coefficient (Wildman–Crippen LogP) is 3.57. The molecule has 152 valence electrons. The van der Waals surface area contributed by atoms with Crippen LogP contribution in [0.1, 0.15) is 12.8 Å². The van der Waals surface area contributed by atoms with Crippen molar-refractivity contribution in [1.82, 2.24) is 20.0 Å². The van der Waals surface area contributed by atoms with Crippen molar-refractivity contribution in [3.05, 3.63) is 60.5 Å². The summed E-state index contributed by atoms with van der Waals surface area (Å²) in [4.78, 5) is 15.1. The standard InChI is InChI=1S/C21H17FN4O4/c22-16-11-14(4-8-20(16)27)26-12-19(24-25-26)18-6-3-13-10-15(5-7-17(13)23-18)30-9-1-2-21(28)29/h3-8,10-12,27H,1-2,9H2,(H,28,29). The number of ether oxygens (including phenoxy) is 1. The maximum atomic E-state index is 13.6. The molecule has 0 spiro atoms. The van der Waals surface area contributed by atoms with Crippen LogP contribution in [0.4, 0.5) is 4.39 Å². The van der Waals surface area contributed by atoms with Crippen LogP contribution in [0.15, 0.2) is 54.7 Å². The Kier molecular flexibility index (Phi) is 5.25. The van der Waals surface area contributed by atoms with E-state index < -0.39 is 17.5 Å². The van der Waals surface area contributed by atoms with E-state index in [-0.39, 0.29) is 6.42 Å². The summed E-state index contributed by atoms with van der Waals surface area (Å²) in [5.74, 6) is -1.38. The summed E-state index contributed by atoms with van der Waals surface area (Å²) in [6.45, 7) is 0.324. The number of hydrogen-bond donors (Lipinski definition) is 2. The number of nitrogens with zero attached hydrogens (tertiary/aromatic N) is 4. The first-order chi connectivity index (χ1) is 14.5. The molecule has 0 atom stereocenters. The van der Waals surface area contributed by atoms with Gasteiger partial charge in [-0.1, -0.05) is 11.3 Å². The zero-order valence-corrected chi connectivity index (χ0v) is 15.7. The fourth-order valence-electron chi connectivity index (χ4n) is 2.90. The average Bonchev–Trinajstić information content (AvgIpc) is 3.23. The number of aliphatic carboxylic acids is 1. The summed E-state index contributed by atoms with van der Waals surface area (Å²) in [5, 5.41) is 26.9. The van der Waals surface area contributed by atoms with E-state index in [1.807, 2.05) is 18.2 Å². The monoisotopic (exact) mass is 408 g/mol. The Balaban J connectivity index is 1.52. The lowest BCUT2D eigenvalue weighted by Gasteiger charge is -2.07.